The van der Waals surface area contributed by atoms with Gasteiger partial charge in [0.25, 0.3) is 0 Å². The van der Waals surface area contributed by atoms with Crippen LogP contribution in [0.2, 0.25) is 0 Å². The van der Waals surface area contributed by atoms with E-state index in [0.717, 1.165) is 18.0 Å². The zero-order valence-electron chi connectivity index (χ0n) is 13.3. The lowest BCUT2D eigenvalue weighted by molar-refractivity contribution is 0.414. The minimum atomic E-state index is -0.0292. The van der Waals surface area contributed by atoms with Gasteiger partial charge in [0, 0.05) is 19.6 Å². The molecule has 0 saturated carbocycles. The highest BCUT2D eigenvalue weighted by atomic mass is 16.5. The number of nitrogens with zero attached hydrogens (tertiary/aromatic N) is 1. The molecule has 0 aliphatic carbocycles. The normalized spacial score (nSPS) is 12.0. The Morgan fingerprint density at radius 3 is 2.33 bits per heavy atom. The van der Waals surface area contributed by atoms with E-state index in [1.807, 2.05) is 31.3 Å². The van der Waals surface area contributed by atoms with Gasteiger partial charge in [0.2, 0.25) is 0 Å². The zero-order valence-corrected chi connectivity index (χ0v) is 13.3. The third-order valence-corrected chi connectivity index (χ3v) is 3.64. The summed E-state index contributed by atoms with van der Waals surface area (Å²) >= 11 is 0. The summed E-state index contributed by atoms with van der Waals surface area (Å²) in [5.41, 5.74) is 11.1. The van der Waals surface area contributed by atoms with Gasteiger partial charge in [-0.05, 0) is 31.5 Å². The summed E-state index contributed by atoms with van der Waals surface area (Å²) < 4.78 is 5.41. The van der Waals surface area contributed by atoms with Crippen LogP contribution >= 0.6 is 0 Å². The number of para-hydroxylation sites is 2. The average Bonchev–Trinajstić information content (AvgIpc) is 2.46. The highest BCUT2D eigenvalue weighted by molar-refractivity contribution is 5.58. The van der Waals surface area contributed by atoms with E-state index in [4.69, 9.17) is 10.5 Å². The molecule has 0 aliphatic heterocycles. The first-order chi connectivity index (χ1) is 10.0. The van der Waals surface area contributed by atoms with Crippen LogP contribution in [0.15, 0.2) is 42.5 Å². The lowest BCUT2D eigenvalue weighted by Gasteiger charge is -2.25. The Morgan fingerprint density at radius 1 is 1.10 bits per heavy atom. The van der Waals surface area contributed by atoms with Gasteiger partial charge in [0.05, 0.1) is 12.8 Å². The third kappa shape index (κ3) is 3.76. The number of ether oxygens (including phenoxy) is 1. The Kier molecular flexibility index (Phi) is 4.86. The summed E-state index contributed by atoms with van der Waals surface area (Å²) in [4.78, 5) is 2.14. The van der Waals surface area contributed by atoms with Gasteiger partial charge in [-0.1, -0.05) is 41.5 Å². The van der Waals surface area contributed by atoms with Crippen molar-refractivity contribution in [2.24, 2.45) is 5.73 Å². The fourth-order valence-electron chi connectivity index (χ4n) is 2.67. The molecule has 0 spiro atoms. The predicted octanol–water partition coefficient (Wildman–Crippen LogP) is 3.45. The highest BCUT2D eigenvalue weighted by Crippen LogP contribution is 2.28. The molecular formula is C18H24N2O. The van der Waals surface area contributed by atoms with E-state index >= 15 is 0 Å². The van der Waals surface area contributed by atoms with Crippen molar-refractivity contribution in [3.8, 4) is 5.75 Å². The van der Waals surface area contributed by atoms with Crippen molar-refractivity contribution in [1.29, 1.82) is 0 Å². The van der Waals surface area contributed by atoms with Crippen molar-refractivity contribution < 1.29 is 4.74 Å². The molecule has 0 saturated heterocycles. The molecule has 2 N–H and O–H groups in total. The van der Waals surface area contributed by atoms with E-state index in [1.165, 1.54) is 16.7 Å². The number of benzene rings is 2. The van der Waals surface area contributed by atoms with Crippen molar-refractivity contribution in [3.05, 3.63) is 59.2 Å². The molecule has 3 nitrogen and oxygen atoms in total. The quantitative estimate of drug-likeness (QED) is 0.914. The summed E-state index contributed by atoms with van der Waals surface area (Å²) in [6.07, 6.45) is 0. The van der Waals surface area contributed by atoms with Crippen molar-refractivity contribution >= 4 is 5.69 Å². The number of methoxy groups -OCH3 is 1. The monoisotopic (exact) mass is 284 g/mol. The van der Waals surface area contributed by atoms with Crippen LogP contribution in [0, 0.1) is 13.8 Å². The van der Waals surface area contributed by atoms with Crippen molar-refractivity contribution in [1.82, 2.24) is 0 Å². The lowest BCUT2D eigenvalue weighted by Crippen LogP contribution is -2.29. The first-order valence-corrected chi connectivity index (χ1v) is 7.19. The highest BCUT2D eigenvalue weighted by Gasteiger charge is 2.13. The summed E-state index contributed by atoms with van der Waals surface area (Å²) in [6, 6.07) is 14.5. The van der Waals surface area contributed by atoms with Gasteiger partial charge in [0.1, 0.15) is 5.75 Å². The fraction of sp³-hybridized carbons (Fsp3) is 0.333. The van der Waals surface area contributed by atoms with Crippen LogP contribution in [0.4, 0.5) is 5.69 Å². The number of rotatable bonds is 5. The van der Waals surface area contributed by atoms with E-state index in [2.05, 4.69) is 36.9 Å². The Hall–Kier alpha value is -2.00. The Balaban J connectivity index is 2.16. The first-order valence-electron chi connectivity index (χ1n) is 7.19. The van der Waals surface area contributed by atoms with E-state index < -0.39 is 0 Å². The van der Waals surface area contributed by atoms with E-state index in [9.17, 15) is 0 Å². The molecule has 1 unspecified atom stereocenters. The molecular weight excluding hydrogens is 260 g/mol. The van der Waals surface area contributed by atoms with Crippen LogP contribution in [0.25, 0.3) is 0 Å². The molecule has 0 fully saturated rings. The maximum absolute atomic E-state index is 6.38. The van der Waals surface area contributed by atoms with Gasteiger partial charge in [-0.2, -0.15) is 0 Å². The molecule has 0 amide bonds. The van der Waals surface area contributed by atoms with Crippen LogP contribution in [0.5, 0.6) is 5.75 Å². The summed E-state index contributed by atoms with van der Waals surface area (Å²) in [7, 11) is 3.73. The lowest BCUT2D eigenvalue weighted by atomic mass is 10.0. The number of hydrogen-bond donors (Lipinski definition) is 1. The Labute approximate surface area is 127 Å². The Morgan fingerprint density at radius 2 is 1.71 bits per heavy atom. The van der Waals surface area contributed by atoms with Crippen LogP contribution in [-0.2, 0) is 0 Å². The Bertz CT molecular complexity index is 590. The van der Waals surface area contributed by atoms with Crippen LogP contribution in [0.3, 0.4) is 0 Å². The molecule has 0 aliphatic rings. The van der Waals surface area contributed by atoms with E-state index in [0.29, 0.717) is 0 Å². The number of aryl methyl sites for hydroxylation is 2. The van der Waals surface area contributed by atoms with Gasteiger partial charge < -0.3 is 15.4 Å². The van der Waals surface area contributed by atoms with Gasteiger partial charge >= 0.3 is 0 Å². The topological polar surface area (TPSA) is 38.5 Å². The molecule has 0 bridgehead atoms. The molecule has 0 radical (unpaired) electrons. The largest absolute Gasteiger partial charge is 0.495 e. The summed E-state index contributed by atoms with van der Waals surface area (Å²) in [5, 5.41) is 0. The smallest absolute Gasteiger partial charge is 0.142 e. The standard InChI is InChI=1S/C18H24N2O/c1-13-9-14(2)11-15(10-13)16(19)12-20(3)17-7-5-6-8-18(17)21-4/h5-11,16H,12,19H2,1-4H3. The number of anilines is 1. The second-order valence-corrected chi connectivity index (χ2v) is 5.58. The molecule has 1 atom stereocenters. The molecule has 112 valence electrons. The van der Waals surface area contributed by atoms with Crippen molar-refractivity contribution in [3.63, 3.8) is 0 Å². The average molecular weight is 284 g/mol. The van der Waals surface area contributed by atoms with E-state index in [-0.39, 0.29) is 6.04 Å². The number of hydrogen-bond acceptors (Lipinski definition) is 3. The summed E-state index contributed by atoms with van der Waals surface area (Å²) in [6.45, 7) is 4.95. The first kappa shape index (κ1) is 15.4. The molecule has 2 rings (SSSR count). The van der Waals surface area contributed by atoms with Crippen LogP contribution < -0.4 is 15.4 Å². The van der Waals surface area contributed by atoms with Crippen LogP contribution in [-0.4, -0.2) is 20.7 Å². The van der Waals surface area contributed by atoms with Gasteiger partial charge in [-0.3, -0.25) is 0 Å². The van der Waals surface area contributed by atoms with Crippen molar-refractivity contribution in [2.45, 2.75) is 19.9 Å². The minimum absolute atomic E-state index is 0.0292. The molecule has 0 heterocycles. The fourth-order valence-corrected chi connectivity index (χ4v) is 2.67. The minimum Gasteiger partial charge on any atom is -0.495 e. The van der Waals surface area contributed by atoms with Gasteiger partial charge in [-0.15, -0.1) is 0 Å². The number of nitrogens with two attached hydrogens (primary N) is 1. The molecule has 3 heteroatoms. The van der Waals surface area contributed by atoms with Gasteiger partial charge in [0.15, 0.2) is 0 Å². The van der Waals surface area contributed by atoms with Crippen LogP contribution in [0.1, 0.15) is 22.7 Å². The molecule has 21 heavy (non-hydrogen) atoms. The third-order valence-electron chi connectivity index (χ3n) is 3.64. The summed E-state index contributed by atoms with van der Waals surface area (Å²) in [5.74, 6) is 0.868. The van der Waals surface area contributed by atoms with Gasteiger partial charge in [-0.25, -0.2) is 0 Å². The second kappa shape index (κ2) is 6.64. The molecule has 2 aromatic carbocycles. The zero-order chi connectivity index (χ0) is 15.4. The molecule has 0 aromatic heterocycles. The predicted molar refractivity (Wildman–Crippen MR) is 89.1 cm³/mol. The maximum Gasteiger partial charge on any atom is 0.142 e. The number of likely N-dealkylation sites (N-methyl/N-ethyl adjacent to an activating group) is 1. The maximum atomic E-state index is 6.38. The SMILES string of the molecule is COc1ccccc1N(C)CC(N)c1cc(C)cc(C)c1. The van der Waals surface area contributed by atoms with Crippen molar-refractivity contribution in [2.75, 3.05) is 25.6 Å². The second-order valence-electron chi connectivity index (χ2n) is 5.58. The van der Waals surface area contributed by atoms with E-state index in [1.54, 1.807) is 7.11 Å². The molecule has 2 aromatic rings.